The van der Waals surface area contributed by atoms with Crippen molar-refractivity contribution < 1.29 is 32.2 Å². The molecule has 3 aromatic rings. The summed E-state index contributed by atoms with van der Waals surface area (Å²) in [6.45, 7) is 0. The normalized spacial score (nSPS) is 10.8. The van der Waals surface area contributed by atoms with Gasteiger partial charge in [0.25, 0.3) is 16.0 Å². The molecule has 0 aliphatic heterocycles. The van der Waals surface area contributed by atoms with Crippen molar-refractivity contribution in [3.8, 4) is 17.6 Å². The molecule has 3 aromatic heterocycles. The summed E-state index contributed by atoms with van der Waals surface area (Å²) in [4.78, 5) is 36.3. The van der Waals surface area contributed by atoms with Gasteiger partial charge in [0.2, 0.25) is 5.88 Å². The Morgan fingerprint density at radius 3 is 2.41 bits per heavy atom. The van der Waals surface area contributed by atoms with Crippen molar-refractivity contribution in [1.29, 1.82) is 0 Å². The third-order valence-corrected chi connectivity index (χ3v) is 5.17. The van der Waals surface area contributed by atoms with Gasteiger partial charge in [-0.1, -0.05) is 0 Å². The van der Waals surface area contributed by atoms with E-state index in [-0.39, 0.29) is 17.6 Å². The van der Waals surface area contributed by atoms with Crippen molar-refractivity contribution in [2.45, 2.75) is 5.03 Å². The van der Waals surface area contributed by atoms with E-state index in [4.69, 9.17) is 9.47 Å². The van der Waals surface area contributed by atoms with Crippen molar-refractivity contribution in [3.05, 3.63) is 42.4 Å². The number of nitrogens with zero attached hydrogens (tertiary/aromatic N) is 5. The number of methoxy groups -OCH3 is 3. The van der Waals surface area contributed by atoms with Gasteiger partial charge in [-0.05, 0) is 6.07 Å². The molecule has 14 nitrogen and oxygen atoms in total. The van der Waals surface area contributed by atoms with E-state index in [0.29, 0.717) is 5.75 Å². The van der Waals surface area contributed by atoms with Gasteiger partial charge >= 0.3 is 12.0 Å². The summed E-state index contributed by atoms with van der Waals surface area (Å²) in [5, 5.41) is 5.41. The van der Waals surface area contributed by atoms with Crippen molar-refractivity contribution in [2.75, 3.05) is 26.6 Å². The summed E-state index contributed by atoms with van der Waals surface area (Å²) >= 11 is 0. The van der Waals surface area contributed by atoms with Crippen LogP contribution in [0.25, 0.3) is 5.95 Å². The van der Waals surface area contributed by atoms with E-state index >= 15 is 0 Å². The van der Waals surface area contributed by atoms with Crippen LogP contribution in [-0.2, 0) is 14.8 Å². The predicted octanol–water partition coefficient (Wildman–Crippen LogP) is 0.371. The zero-order chi connectivity index (χ0) is 23.3. The molecule has 3 rings (SSSR count). The van der Waals surface area contributed by atoms with Gasteiger partial charge < -0.3 is 14.2 Å². The highest BCUT2D eigenvalue weighted by Crippen LogP contribution is 2.22. The van der Waals surface area contributed by atoms with Crippen LogP contribution in [-0.4, -0.2) is 66.5 Å². The fourth-order valence-corrected chi connectivity index (χ4v) is 3.64. The van der Waals surface area contributed by atoms with E-state index in [0.717, 1.165) is 18.0 Å². The van der Waals surface area contributed by atoms with Gasteiger partial charge in [0.15, 0.2) is 5.03 Å². The Kier molecular flexibility index (Phi) is 6.48. The number of hydrogen-bond acceptors (Lipinski definition) is 11. The summed E-state index contributed by atoms with van der Waals surface area (Å²) in [7, 11) is -0.847. The first kappa shape index (κ1) is 22.4. The SMILES string of the molecule is COC(=O)c1cnn(-c2ncccn2)c1S(=O)(=O)NC(=O)Nc1cc(OC)cc(OC)n1. The molecule has 0 radical (unpaired) electrons. The number of sulfonamides is 1. The van der Waals surface area contributed by atoms with Crippen LogP contribution >= 0.6 is 0 Å². The number of hydrogen-bond donors (Lipinski definition) is 2. The third kappa shape index (κ3) is 4.72. The van der Waals surface area contributed by atoms with E-state index in [1.807, 2.05) is 0 Å². The lowest BCUT2D eigenvalue weighted by atomic mass is 10.4. The molecular formula is C17H17N7O7S. The number of aromatic nitrogens is 5. The van der Waals surface area contributed by atoms with Gasteiger partial charge in [-0.3, -0.25) is 5.32 Å². The van der Waals surface area contributed by atoms with Crippen LogP contribution in [0.2, 0.25) is 0 Å². The number of amides is 2. The fraction of sp³-hybridized carbons (Fsp3) is 0.176. The molecule has 0 aliphatic rings. The third-order valence-electron chi connectivity index (χ3n) is 3.82. The topological polar surface area (TPSA) is 177 Å². The summed E-state index contributed by atoms with van der Waals surface area (Å²) in [5.41, 5.74) is -0.429. The molecule has 0 unspecified atom stereocenters. The van der Waals surface area contributed by atoms with E-state index in [1.165, 1.54) is 44.8 Å². The Bertz CT molecular complexity index is 1220. The van der Waals surface area contributed by atoms with Crippen LogP contribution in [0.3, 0.4) is 0 Å². The Balaban J connectivity index is 1.95. The molecule has 0 saturated carbocycles. The number of pyridine rings is 1. The number of ether oxygens (including phenoxy) is 3. The maximum Gasteiger partial charge on any atom is 0.342 e. The lowest BCUT2D eigenvalue weighted by Crippen LogP contribution is -2.36. The molecule has 32 heavy (non-hydrogen) atoms. The number of nitrogens with one attached hydrogen (secondary N) is 2. The predicted molar refractivity (Wildman–Crippen MR) is 107 cm³/mol. The minimum absolute atomic E-state index is 0.0537. The van der Waals surface area contributed by atoms with Crippen LogP contribution in [0.1, 0.15) is 10.4 Å². The lowest BCUT2D eigenvalue weighted by molar-refractivity contribution is 0.0596. The molecule has 0 fully saturated rings. The highest BCUT2D eigenvalue weighted by atomic mass is 32.2. The first-order valence-corrected chi connectivity index (χ1v) is 10.1. The number of carbonyl (C=O) groups excluding carboxylic acids is 2. The Morgan fingerprint density at radius 1 is 1.06 bits per heavy atom. The van der Waals surface area contributed by atoms with Crippen LogP contribution < -0.4 is 19.5 Å². The highest BCUT2D eigenvalue weighted by Gasteiger charge is 2.32. The van der Waals surface area contributed by atoms with Crippen LogP contribution in [0, 0.1) is 0 Å². The molecule has 168 valence electrons. The minimum atomic E-state index is -4.66. The fourth-order valence-electron chi connectivity index (χ4n) is 2.47. The molecule has 0 spiro atoms. The number of carbonyl (C=O) groups is 2. The number of esters is 1. The monoisotopic (exact) mass is 463 g/mol. The van der Waals surface area contributed by atoms with Crippen LogP contribution in [0.4, 0.5) is 10.6 Å². The average Bonchev–Trinajstić information content (AvgIpc) is 3.24. The van der Waals surface area contributed by atoms with Gasteiger partial charge in [0.1, 0.15) is 17.1 Å². The second-order valence-corrected chi connectivity index (χ2v) is 7.41. The van der Waals surface area contributed by atoms with E-state index in [2.05, 4.69) is 30.1 Å². The van der Waals surface area contributed by atoms with E-state index < -0.39 is 32.6 Å². The van der Waals surface area contributed by atoms with Crippen molar-refractivity contribution in [2.24, 2.45) is 0 Å². The standard InChI is InChI=1S/C17H17N7O7S/c1-29-10-7-12(21-13(8-10)30-2)22-17(26)23-32(27,28)14-11(15(25)31-3)9-20-24(14)16-18-5-4-6-19-16/h4-9H,1-3H3,(H2,21,22,23,26). The molecule has 0 aliphatic carbocycles. The average molecular weight is 463 g/mol. The first-order valence-electron chi connectivity index (χ1n) is 8.66. The van der Waals surface area contributed by atoms with Gasteiger partial charge in [0, 0.05) is 24.5 Å². The Morgan fingerprint density at radius 2 is 1.78 bits per heavy atom. The molecule has 0 atom stereocenters. The Hall–Kier alpha value is -4.27. The molecule has 3 heterocycles. The number of rotatable bonds is 7. The van der Waals surface area contributed by atoms with E-state index in [9.17, 15) is 18.0 Å². The summed E-state index contributed by atoms with van der Waals surface area (Å²) in [6, 6.07) is 3.13. The van der Waals surface area contributed by atoms with Gasteiger partial charge in [0.05, 0.1) is 27.5 Å². The number of urea groups is 1. The molecule has 2 N–H and O–H groups in total. The molecule has 15 heteroatoms. The maximum atomic E-state index is 13.0. The first-order chi connectivity index (χ1) is 15.3. The summed E-state index contributed by atoms with van der Waals surface area (Å²) < 4.78 is 43.3. The largest absolute Gasteiger partial charge is 0.496 e. The second-order valence-electron chi connectivity index (χ2n) is 5.81. The summed E-state index contributed by atoms with van der Waals surface area (Å²) in [6.07, 6.45) is 3.66. The summed E-state index contributed by atoms with van der Waals surface area (Å²) in [5.74, 6) is -0.770. The van der Waals surface area contributed by atoms with Gasteiger partial charge in [-0.25, -0.2) is 24.3 Å². The lowest BCUT2D eigenvalue weighted by Gasteiger charge is -2.12. The maximum absolute atomic E-state index is 13.0. The number of anilines is 1. The quantitative estimate of drug-likeness (QED) is 0.463. The smallest absolute Gasteiger partial charge is 0.342 e. The molecule has 2 amide bonds. The van der Waals surface area contributed by atoms with Crippen molar-refractivity contribution in [3.63, 3.8) is 0 Å². The molecule has 0 aromatic carbocycles. The zero-order valence-electron chi connectivity index (χ0n) is 17.0. The van der Waals surface area contributed by atoms with Crippen LogP contribution in [0.5, 0.6) is 11.6 Å². The zero-order valence-corrected chi connectivity index (χ0v) is 17.8. The van der Waals surface area contributed by atoms with Crippen LogP contribution in [0.15, 0.2) is 41.8 Å². The molecule has 0 saturated heterocycles. The van der Waals surface area contributed by atoms with Crippen molar-refractivity contribution >= 4 is 27.8 Å². The van der Waals surface area contributed by atoms with Gasteiger partial charge in [-0.2, -0.15) is 23.2 Å². The highest BCUT2D eigenvalue weighted by molar-refractivity contribution is 7.90. The van der Waals surface area contributed by atoms with Crippen molar-refractivity contribution in [1.82, 2.24) is 29.5 Å². The molecular weight excluding hydrogens is 446 g/mol. The van der Waals surface area contributed by atoms with E-state index in [1.54, 1.807) is 4.72 Å². The minimum Gasteiger partial charge on any atom is -0.496 e. The molecule has 0 bridgehead atoms. The second kappa shape index (κ2) is 9.25. The Labute approximate surface area is 181 Å². The van der Waals surface area contributed by atoms with Gasteiger partial charge in [-0.15, -0.1) is 0 Å².